The van der Waals surface area contributed by atoms with Crippen molar-refractivity contribution in [2.45, 2.75) is 6.42 Å². The summed E-state index contributed by atoms with van der Waals surface area (Å²) in [5, 5.41) is 14.4. The average Bonchev–Trinajstić information content (AvgIpc) is 3.23. The number of fused-ring (bicyclic) bond motifs is 1. The van der Waals surface area contributed by atoms with Gasteiger partial charge in [0.05, 0.1) is 22.9 Å². The summed E-state index contributed by atoms with van der Waals surface area (Å²) < 4.78 is 17.6. The van der Waals surface area contributed by atoms with Crippen LogP contribution in [0.4, 0.5) is 0 Å². The number of H-pyrrole nitrogens is 1. The number of benzene rings is 3. The number of rotatable bonds is 6. The molecule has 3 aromatic carbocycles. The fraction of sp³-hybridized carbons (Fsp3) is 0.0385. The first-order valence-electron chi connectivity index (χ1n) is 11.0. The van der Waals surface area contributed by atoms with Gasteiger partial charge < -0.3 is 9.51 Å². The third-order valence-electron chi connectivity index (χ3n) is 5.70. The van der Waals surface area contributed by atoms with E-state index in [2.05, 4.69) is 10.1 Å². The molecule has 0 atom stereocenters. The number of aromatic nitrogens is 3. The predicted octanol–water partition coefficient (Wildman–Crippen LogP) is 4.94. The van der Waals surface area contributed by atoms with Crippen LogP contribution in [0.2, 0.25) is 5.02 Å². The molecular weight excluding hydrogens is 515 g/mol. The highest BCUT2D eigenvalue weighted by Gasteiger charge is 2.23. The SMILES string of the molecule is N#Cc1ccc(-c2c[nH]c3c(-c4ccc(Cl)cc4)c(Cc4ccccc4)nn3c2=O)c(OP(=O)(O)O)c1. The molecule has 184 valence electrons. The molecular formula is C26H18ClN4O5P. The molecule has 0 unspecified atom stereocenters. The molecule has 5 rings (SSSR count). The van der Waals surface area contributed by atoms with Crippen molar-refractivity contribution < 1.29 is 18.9 Å². The monoisotopic (exact) mass is 532 g/mol. The lowest BCUT2D eigenvalue weighted by Crippen LogP contribution is -2.17. The molecule has 0 spiro atoms. The first-order chi connectivity index (χ1) is 17.7. The van der Waals surface area contributed by atoms with E-state index in [1.54, 1.807) is 12.1 Å². The van der Waals surface area contributed by atoms with E-state index in [1.807, 2.05) is 48.5 Å². The lowest BCUT2D eigenvalue weighted by molar-refractivity contribution is 0.283. The number of halogens is 1. The second-order valence-corrected chi connectivity index (χ2v) is 9.76. The second-order valence-electron chi connectivity index (χ2n) is 8.16. The highest BCUT2D eigenvalue weighted by Crippen LogP contribution is 2.42. The van der Waals surface area contributed by atoms with Gasteiger partial charge in [-0.3, -0.25) is 14.6 Å². The molecule has 2 aromatic heterocycles. The fourth-order valence-corrected chi connectivity index (χ4v) is 4.64. The van der Waals surface area contributed by atoms with Gasteiger partial charge in [-0.1, -0.05) is 54.1 Å². The second kappa shape index (κ2) is 9.69. The maximum absolute atomic E-state index is 13.6. The Labute approximate surface area is 215 Å². The summed E-state index contributed by atoms with van der Waals surface area (Å²) in [5.41, 5.74) is 3.32. The van der Waals surface area contributed by atoms with Crippen LogP contribution in [0.3, 0.4) is 0 Å². The average molecular weight is 533 g/mol. The molecule has 5 aromatic rings. The molecule has 0 aliphatic carbocycles. The Morgan fingerprint density at radius 2 is 1.78 bits per heavy atom. The number of hydrogen-bond acceptors (Lipinski definition) is 5. The van der Waals surface area contributed by atoms with Gasteiger partial charge in [-0.2, -0.15) is 14.9 Å². The Morgan fingerprint density at radius 1 is 1.05 bits per heavy atom. The van der Waals surface area contributed by atoms with Gasteiger partial charge >= 0.3 is 7.82 Å². The van der Waals surface area contributed by atoms with Crippen molar-refractivity contribution in [1.29, 1.82) is 5.26 Å². The minimum Gasteiger partial charge on any atom is -0.404 e. The number of hydrogen-bond donors (Lipinski definition) is 3. The smallest absolute Gasteiger partial charge is 0.404 e. The molecule has 11 heteroatoms. The third kappa shape index (κ3) is 5.05. The van der Waals surface area contributed by atoms with Crippen LogP contribution in [0.5, 0.6) is 5.75 Å². The highest BCUT2D eigenvalue weighted by molar-refractivity contribution is 7.46. The molecule has 0 aliphatic heterocycles. The molecule has 0 saturated carbocycles. The first-order valence-corrected chi connectivity index (χ1v) is 12.9. The lowest BCUT2D eigenvalue weighted by atomic mass is 10.0. The van der Waals surface area contributed by atoms with Crippen molar-refractivity contribution in [2.24, 2.45) is 0 Å². The lowest BCUT2D eigenvalue weighted by Gasteiger charge is -2.12. The molecule has 0 radical (unpaired) electrons. The van der Waals surface area contributed by atoms with E-state index < -0.39 is 13.4 Å². The van der Waals surface area contributed by atoms with Gasteiger partial charge in [-0.05, 0) is 41.5 Å². The fourth-order valence-electron chi connectivity index (χ4n) is 4.10. The van der Waals surface area contributed by atoms with Crippen molar-refractivity contribution in [1.82, 2.24) is 14.6 Å². The summed E-state index contributed by atoms with van der Waals surface area (Å²) in [5.74, 6) is -0.299. The van der Waals surface area contributed by atoms with Gasteiger partial charge in [0.2, 0.25) is 0 Å². The van der Waals surface area contributed by atoms with E-state index in [-0.39, 0.29) is 22.4 Å². The van der Waals surface area contributed by atoms with Crippen LogP contribution >= 0.6 is 19.4 Å². The van der Waals surface area contributed by atoms with Gasteiger partial charge in [-0.15, -0.1) is 0 Å². The number of aromatic amines is 1. The normalized spacial score (nSPS) is 11.4. The van der Waals surface area contributed by atoms with E-state index in [4.69, 9.17) is 16.1 Å². The van der Waals surface area contributed by atoms with Crippen molar-refractivity contribution in [3.8, 4) is 34.1 Å². The number of nitrogens with one attached hydrogen (secondary N) is 1. The molecule has 0 bridgehead atoms. The topological polar surface area (TPSA) is 141 Å². The van der Waals surface area contributed by atoms with E-state index in [1.165, 1.54) is 28.9 Å². The molecule has 9 nitrogen and oxygen atoms in total. The van der Waals surface area contributed by atoms with Crippen molar-refractivity contribution in [3.63, 3.8) is 0 Å². The van der Waals surface area contributed by atoms with E-state index >= 15 is 0 Å². The Hall–Kier alpha value is -4.19. The minimum atomic E-state index is -4.97. The molecule has 37 heavy (non-hydrogen) atoms. The van der Waals surface area contributed by atoms with E-state index in [0.717, 1.165) is 16.7 Å². The summed E-state index contributed by atoms with van der Waals surface area (Å²) in [6.45, 7) is 0. The Bertz CT molecular complexity index is 1770. The van der Waals surface area contributed by atoms with Crippen LogP contribution in [0.15, 0.2) is 83.8 Å². The Morgan fingerprint density at radius 3 is 2.46 bits per heavy atom. The van der Waals surface area contributed by atoms with Crippen LogP contribution < -0.4 is 10.1 Å². The van der Waals surface area contributed by atoms with Gasteiger partial charge in [0.15, 0.2) is 0 Å². The third-order valence-corrected chi connectivity index (χ3v) is 6.39. The number of nitrogens with zero attached hydrogens (tertiary/aromatic N) is 3. The first kappa shape index (κ1) is 24.5. The summed E-state index contributed by atoms with van der Waals surface area (Å²) >= 11 is 6.09. The predicted molar refractivity (Wildman–Crippen MR) is 138 cm³/mol. The molecule has 3 N–H and O–H groups in total. The van der Waals surface area contributed by atoms with Crippen LogP contribution in [0, 0.1) is 11.3 Å². The molecule has 0 saturated heterocycles. The zero-order valence-electron chi connectivity index (χ0n) is 19.0. The van der Waals surface area contributed by atoms with Gasteiger partial charge in [0.25, 0.3) is 5.56 Å². The van der Waals surface area contributed by atoms with Crippen LogP contribution in [-0.4, -0.2) is 24.4 Å². The maximum Gasteiger partial charge on any atom is 0.524 e. The van der Waals surface area contributed by atoms with E-state index in [0.29, 0.717) is 22.8 Å². The zero-order valence-corrected chi connectivity index (χ0v) is 20.6. The van der Waals surface area contributed by atoms with Crippen molar-refractivity contribution in [2.75, 3.05) is 0 Å². The molecule has 2 heterocycles. The van der Waals surface area contributed by atoms with Gasteiger partial charge in [-0.25, -0.2) is 4.57 Å². The summed E-state index contributed by atoms with van der Waals surface area (Å²) in [6.07, 6.45) is 1.88. The number of nitriles is 1. The zero-order chi connectivity index (χ0) is 26.2. The largest absolute Gasteiger partial charge is 0.524 e. The Kier molecular flexibility index (Phi) is 6.42. The summed E-state index contributed by atoms with van der Waals surface area (Å²) in [6, 6.07) is 22.7. The maximum atomic E-state index is 13.6. The van der Waals surface area contributed by atoms with Crippen LogP contribution in [-0.2, 0) is 11.0 Å². The summed E-state index contributed by atoms with van der Waals surface area (Å²) in [7, 11) is -4.97. The highest BCUT2D eigenvalue weighted by atomic mass is 35.5. The quantitative estimate of drug-likeness (QED) is 0.263. The number of phosphoric ester groups is 1. The minimum absolute atomic E-state index is 0.0526. The Balaban J connectivity index is 1.73. The van der Waals surface area contributed by atoms with Gasteiger partial charge in [0, 0.05) is 28.8 Å². The standard InChI is InChI=1S/C26H18ClN4O5P/c27-19-9-7-18(8-10-19)24-22(12-16-4-2-1-3-5-16)30-31-25(24)29-15-21(26(31)32)20-11-6-17(14-28)13-23(20)36-37(33,34)35/h1-11,13,15,29H,12H2,(H2,33,34,35). The van der Waals surface area contributed by atoms with Gasteiger partial charge in [0.1, 0.15) is 11.4 Å². The van der Waals surface area contributed by atoms with Crippen LogP contribution in [0.1, 0.15) is 16.8 Å². The van der Waals surface area contributed by atoms with E-state index in [9.17, 15) is 24.4 Å². The number of phosphoric acid groups is 1. The molecule has 0 amide bonds. The van der Waals surface area contributed by atoms with Crippen molar-refractivity contribution >= 4 is 25.1 Å². The van der Waals surface area contributed by atoms with Crippen LogP contribution in [0.25, 0.3) is 27.9 Å². The van der Waals surface area contributed by atoms with Crippen molar-refractivity contribution in [3.05, 3.63) is 111 Å². The molecule has 0 aliphatic rings. The summed E-state index contributed by atoms with van der Waals surface area (Å²) in [4.78, 5) is 35.5. The molecule has 0 fully saturated rings.